The topological polar surface area (TPSA) is 90.2 Å². The zero-order chi connectivity index (χ0) is 21.8. The first-order chi connectivity index (χ1) is 15.1. The zero-order valence-corrected chi connectivity index (χ0v) is 17.9. The van der Waals surface area contributed by atoms with Gasteiger partial charge in [0.25, 0.3) is 5.91 Å². The third-order valence-electron chi connectivity index (χ3n) is 6.08. The van der Waals surface area contributed by atoms with Crippen LogP contribution in [0.4, 0.5) is 0 Å². The zero-order valence-electron chi connectivity index (χ0n) is 17.9. The van der Waals surface area contributed by atoms with Crippen molar-refractivity contribution in [3.63, 3.8) is 0 Å². The highest BCUT2D eigenvalue weighted by Gasteiger charge is 2.53. The molecule has 1 spiro atoms. The lowest BCUT2D eigenvalue weighted by molar-refractivity contribution is -0.127. The molecule has 8 nitrogen and oxygen atoms in total. The van der Waals surface area contributed by atoms with Crippen molar-refractivity contribution < 1.29 is 28.2 Å². The molecule has 2 amide bonds. The fourth-order valence-electron chi connectivity index (χ4n) is 4.56. The molecule has 1 saturated carbocycles. The van der Waals surface area contributed by atoms with Crippen LogP contribution in [0.1, 0.15) is 48.2 Å². The largest absolute Gasteiger partial charge is 0.496 e. The predicted molar refractivity (Wildman–Crippen MR) is 112 cm³/mol. The second-order valence-electron chi connectivity index (χ2n) is 7.84. The number of nitrogens with zero attached hydrogens (tertiary/aromatic N) is 1. The minimum atomic E-state index is -0.798. The van der Waals surface area contributed by atoms with Gasteiger partial charge in [-0.05, 0) is 49.9 Å². The molecule has 0 radical (unpaired) electrons. The van der Waals surface area contributed by atoms with E-state index in [0.29, 0.717) is 35.7 Å². The standard InChI is InChI=1S/C23H28N2O6/c1-28-18-9-6-10-19(29-2)20(18)22(27)25-17(15-31-23(25)11-4-3-5-12-23)21(26)24-14-16-8-7-13-30-16/h6-10,13,17H,3-5,11-12,14-15H2,1-2H3,(H,24,26). The summed E-state index contributed by atoms with van der Waals surface area (Å²) in [6.45, 7) is 0.391. The first-order valence-electron chi connectivity index (χ1n) is 10.6. The molecular weight excluding hydrogens is 400 g/mol. The summed E-state index contributed by atoms with van der Waals surface area (Å²) in [6.07, 6.45) is 5.90. The Morgan fingerprint density at radius 3 is 2.42 bits per heavy atom. The molecule has 8 heteroatoms. The van der Waals surface area contributed by atoms with E-state index in [1.54, 1.807) is 41.5 Å². The summed E-state index contributed by atoms with van der Waals surface area (Å²) in [5, 5.41) is 2.87. The Morgan fingerprint density at radius 2 is 1.81 bits per heavy atom. The van der Waals surface area contributed by atoms with E-state index in [1.807, 2.05) is 0 Å². The Labute approximate surface area is 181 Å². The van der Waals surface area contributed by atoms with Crippen molar-refractivity contribution in [3.8, 4) is 11.5 Å². The number of hydrogen-bond acceptors (Lipinski definition) is 6. The second kappa shape index (κ2) is 9.01. The van der Waals surface area contributed by atoms with Crippen LogP contribution < -0.4 is 14.8 Å². The summed E-state index contributed by atoms with van der Waals surface area (Å²) in [7, 11) is 3.02. The highest BCUT2D eigenvalue weighted by molar-refractivity contribution is 6.02. The van der Waals surface area contributed by atoms with Gasteiger partial charge in [-0.15, -0.1) is 0 Å². The van der Waals surface area contributed by atoms with Crippen LogP contribution in [0.3, 0.4) is 0 Å². The molecule has 31 heavy (non-hydrogen) atoms. The number of ether oxygens (including phenoxy) is 3. The minimum absolute atomic E-state index is 0.146. The number of nitrogens with one attached hydrogen (secondary N) is 1. The number of amides is 2. The minimum Gasteiger partial charge on any atom is -0.496 e. The Hall–Kier alpha value is -3.00. The number of carbonyl (C=O) groups excluding carboxylic acids is 2. The SMILES string of the molecule is COc1cccc(OC)c1C(=O)N1C(C(=O)NCc2ccco2)COC12CCCCC2. The van der Waals surface area contributed by atoms with Crippen LogP contribution in [0.2, 0.25) is 0 Å². The molecule has 1 saturated heterocycles. The first-order valence-corrected chi connectivity index (χ1v) is 10.6. The highest BCUT2D eigenvalue weighted by atomic mass is 16.5. The average Bonchev–Trinajstić information content (AvgIpc) is 3.45. The predicted octanol–water partition coefficient (Wildman–Crippen LogP) is 3.11. The van der Waals surface area contributed by atoms with Gasteiger partial charge in [0.2, 0.25) is 5.91 Å². The van der Waals surface area contributed by atoms with Gasteiger partial charge in [-0.25, -0.2) is 0 Å². The summed E-state index contributed by atoms with van der Waals surface area (Å²) in [5.41, 5.74) is -0.500. The normalized spacial score (nSPS) is 19.9. The molecule has 1 unspecified atom stereocenters. The molecule has 166 valence electrons. The van der Waals surface area contributed by atoms with Gasteiger partial charge in [0.15, 0.2) is 0 Å². The van der Waals surface area contributed by atoms with E-state index in [-0.39, 0.29) is 25.0 Å². The van der Waals surface area contributed by atoms with Crippen LogP contribution in [0.5, 0.6) is 11.5 Å². The average molecular weight is 428 g/mol. The lowest BCUT2D eigenvalue weighted by Gasteiger charge is -2.41. The highest BCUT2D eigenvalue weighted by Crippen LogP contribution is 2.43. The number of methoxy groups -OCH3 is 2. The van der Waals surface area contributed by atoms with Gasteiger partial charge in [-0.2, -0.15) is 0 Å². The monoisotopic (exact) mass is 428 g/mol. The van der Waals surface area contributed by atoms with Crippen molar-refractivity contribution in [2.75, 3.05) is 20.8 Å². The van der Waals surface area contributed by atoms with Gasteiger partial charge in [0, 0.05) is 0 Å². The Balaban J connectivity index is 1.67. The van der Waals surface area contributed by atoms with E-state index in [0.717, 1.165) is 19.3 Å². The number of carbonyl (C=O) groups is 2. The Morgan fingerprint density at radius 1 is 1.10 bits per heavy atom. The molecule has 2 fully saturated rings. The van der Waals surface area contributed by atoms with E-state index in [1.165, 1.54) is 14.2 Å². The summed E-state index contributed by atoms with van der Waals surface area (Å²) in [4.78, 5) is 28.7. The third kappa shape index (κ3) is 3.99. The molecule has 1 atom stereocenters. The molecule has 4 rings (SSSR count). The van der Waals surface area contributed by atoms with Crippen molar-refractivity contribution >= 4 is 11.8 Å². The molecule has 2 aromatic rings. The van der Waals surface area contributed by atoms with E-state index in [2.05, 4.69) is 5.32 Å². The van der Waals surface area contributed by atoms with Gasteiger partial charge in [-0.1, -0.05) is 12.5 Å². The molecular formula is C23H28N2O6. The maximum absolute atomic E-state index is 13.9. The number of hydrogen-bond donors (Lipinski definition) is 1. The molecule has 1 aromatic heterocycles. The molecule has 0 bridgehead atoms. The maximum atomic E-state index is 13.9. The van der Waals surface area contributed by atoms with Gasteiger partial charge in [0.1, 0.15) is 34.6 Å². The molecule has 2 aliphatic rings. The molecule has 1 aliphatic carbocycles. The molecule has 2 heterocycles. The van der Waals surface area contributed by atoms with E-state index in [9.17, 15) is 9.59 Å². The van der Waals surface area contributed by atoms with Crippen LogP contribution in [0, 0.1) is 0 Å². The van der Waals surface area contributed by atoms with Gasteiger partial charge < -0.3 is 23.9 Å². The fourth-order valence-corrected chi connectivity index (χ4v) is 4.56. The van der Waals surface area contributed by atoms with Crippen LogP contribution in [-0.4, -0.2) is 49.3 Å². The van der Waals surface area contributed by atoms with Crippen LogP contribution in [0.25, 0.3) is 0 Å². The summed E-state index contributed by atoms with van der Waals surface area (Å²) in [6, 6.07) is 7.99. The maximum Gasteiger partial charge on any atom is 0.264 e. The van der Waals surface area contributed by atoms with E-state index >= 15 is 0 Å². The van der Waals surface area contributed by atoms with Crippen LogP contribution in [-0.2, 0) is 16.1 Å². The fraction of sp³-hybridized carbons (Fsp3) is 0.478. The summed E-state index contributed by atoms with van der Waals surface area (Å²) in [5.74, 6) is 0.839. The molecule has 1 aromatic carbocycles. The van der Waals surface area contributed by atoms with Gasteiger partial charge in [-0.3, -0.25) is 14.5 Å². The second-order valence-corrected chi connectivity index (χ2v) is 7.84. The number of furan rings is 1. The molecule has 1 N–H and O–H groups in total. The Kier molecular flexibility index (Phi) is 6.18. The van der Waals surface area contributed by atoms with Crippen molar-refractivity contribution in [1.82, 2.24) is 10.2 Å². The van der Waals surface area contributed by atoms with Gasteiger partial charge in [0.05, 0.1) is 33.6 Å². The third-order valence-corrected chi connectivity index (χ3v) is 6.08. The first kappa shape index (κ1) is 21.2. The number of rotatable bonds is 6. The van der Waals surface area contributed by atoms with Crippen LogP contribution in [0.15, 0.2) is 41.0 Å². The van der Waals surface area contributed by atoms with Crippen LogP contribution >= 0.6 is 0 Å². The quantitative estimate of drug-likeness (QED) is 0.760. The lowest BCUT2D eigenvalue weighted by Crippen LogP contribution is -2.56. The van der Waals surface area contributed by atoms with Gasteiger partial charge >= 0.3 is 0 Å². The van der Waals surface area contributed by atoms with Crippen molar-refractivity contribution in [3.05, 3.63) is 47.9 Å². The molecule has 1 aliphatic heterocycles. The van der Waals surface area contributed by atoms with Crippen molar-refractivity contribution in [2.24, 2.45) is 0 Å². The van der Waals surface area contributed by atoms with E-state index in [4.69, 9.17) is 18.6 Å². The number of benzene rings is 1. The van der Waals surface area contributed by atoms with Crippen molar-refractivity contribution in [1.29, 1.82) is 0 Å². The van der Waals surface area contributed by atoms with E-state index < -0.39 is 11.8 Å². The summed E-state index contributed by atoms with van der Waals surface area (Å²) >= 11 is 0. The lowest BCUT2D eigenvalue weighted by atomic mass is 9.89. The Bertz CT molecular complexity index is 898. The van der Waals surface area contributed by atoms with Crippen molar-refractivity contribution in [2.45, 2.75) is 50.4 Å². The summed E-state index contributed by atoms with van der Waals surface area (Å²) < 4.78 is 22.4. The smallest absolute Gasteiger partial charge is 0.264 e.